The summed E-state index contributed by atoms with van der Waals surface area (Å²) in [5.74, 6) is 0.193. The van der Waals surface area contributed by atoms with Crippen molar-refractivity contribution >= 4 is 28.4 Å². The van der Waals surface area contributed by atoms with E-state index in [2.05, 4.69) is 17.1 Å². The van der Waals surface area contributed by atoms with Gasteiger partial charge in [-0.05, 0) is 24.0 Å². The molecule has 1 fully saturated rings. The van der Waals surface area contributed by atoms with Gasteiger partial charge in [0, 0.05) is 23.6 Å². The third-order valence-corrected chi connectivity index (χ3v) is 5.35. The van der Waals surface area contributed by atoms with Gasteiger partial charge in [0.15, 0.2) is 4.87 Å². The van der Waals surface area contributed by atoms with Gasteiger partial charge in [-0.3, -0.25) is 4.79 Å². The Labute approximate surface area is 139 Å². The van der Waals surface area contributed by atoms with E-state index in [-0.39, 0.29) is 17.9 Å². The van der Waals surface area contributed by atoms with Crippen LogP contribution in [0.5, 0.6) is 0 Å². The fourth-order valence-corrected chi connectivity index (χ4v) is 4.13. The van der Waals surface area contributed by atoms with Gasteiger partial charge in [-0.25, -0.2) is 0 Å². The van der Waals surface area contributed by atoms with Crippen LogP contribution >= 0.6 is 11.6 Å². The van der Waals surface area contributed by atoms with Crippen LogP contribution in [-0.4, -0.2) is 33.3 Å². The molecule has 5 heteroatoms. The highest BCUT2D eigenvalue weighted by Crippen LogP contribution is 2.41. The van der Waals surface area contributed by atoms with Crippen molar-refractivity contribution in [3.63, 3.8) is 0 Å². The van der Waals surface area contributed by atoms with Gasteiger partial charge >= 0.3 is 0 Å². The summed E-state index contributed by atoms with van der Waals surface area (Å²) >= 11 is 6.46. The van der Waals surface area contributed by atoms with Crippen molar-refractivity contribution in [2.45, 2.75) is 23.8 Å². The summed E-state index contributed by atoms with van der Waals surface area (Å²) in [6, 6.07) is 9.80. The predicted molar refractivity (Wildman–Crippen MR) is 88.9 cm³/mol. The van der Waals surface area contributed by atoms with Crippen molar-refractivity contribution in [3.05, 3.63) is 48.2 Å². The zero-order valence-electron chi connectivity index (χ0n) is 12.5. The summed E-state index contributed by atoms with van der Waals surface area (Å²) < 4.78 is 0. The zero-order chi connectivity index (χ0) is 16.0. The fourth-order valence-electron chi connectivity index (χ4n) is 3.74. The average molecular weight is 326 g/mol. The number of halogens is 1. The first-order valence-electron chi connectivity index (χ1n) is 7.74. The molecule has 3 heterocycles. The summed E-state index contributed by atoms with van der Waals surface area (Å²) in [5, 5.41) is 10.5. The molecule has 2 aromatic rings. The van der Waals surface area contributed by atoms with Gasteiger partial charge in [0.05, 0.1) is 18.5 Å². The maximum Gasteiger partial charge on any atom is 0.227 e. The molecule has 1 amide bonds. The van der Waals surface area contributed by atoms with Crippen LogP contribution in [0.15, 0.2) is 42.6 Å². The number of H-pyrrole nitrogens is 1. The Balaban J connectivity index is 1.61. The minimum absolute atomic E-state index is 0.0223. The topological polar surface area (TPSA) is 59.9 Å². The zero-order valence-corrected chi connectivity index (χ0v) is 13.3. The Morgan fingerprint density at radius 2 is 2.26 bits per heavy atom. The van der Waals surface area contributed by atoms with Crippen LogP contribution in [0.4, 0.5) is 0 Å². The normalized spacial score (nSPS) is 29.0. The van der Waals surface area contributed by atoms with Gasteiger partial charge in [-0.2, -0.15) is 5.26 Å². The molecule has 3 aliphatic rings. The van der Waals surface area contributed by atoms with Crippen LogP contribution in [-0.2, 0) is 11.2 Å². The number of rotatable bonds is 2. The summed E-state index contributed by atoms with van der Waals surface area (Å²) in [6.45, 7) is 0.651. The lowest BCUT2D eigenvalue weighted by Gasteiger charge is -2.48. The highest BCUT2D eigenvalue weighted by Gasteiger charge is 2.49. The van der Waals surface area contributed by atoms with E-state index in [1.165, 1.54) is 0 Å². The third-order valence-electron chi connectivity index (χ3n) is 4.88. The van der Waals surface area contributed by atoms with Gasteiger partial charge in [-0.15, -0.1) is 11.6 Å². The highest BCUT2D eigenvalue weighted by atomic mass is 35.5. The summed E-state index contributed by atoms with van der Waals surface area (Å²) in [7, 11) is 0. The summed E-state index contributed by atoms with van der Waals surface area (Å²) in [5.41, 5.74) is 2.01. The molecule has 23 heavy (non-hydrogen) atoms. The molecule has 5 rings (SSSR count). The second kappa shape index (κ2) is 5.14. The second-order valence-corrected chi connectivity index (χ2v) is 7.03. The highest BCUT2D eigenvalue weighted by molar-refractivity contribution is 6.27. The van der Waals surface area contributed by atoms with Crippen molar-refractivity contribution in [2.75, 3.05) is 6.54 Å². The lowest BCUT2D eigenvalue weighted by Crippen LogP contribution is -2.59. The number of benzene rings is 1. The predicted octanol–water partition coefficient (Wildman–Crippen LogP) is 3.00. The minimum Gasteiger partial charge on any atom is -0.361 e. The van der Waals surface area contributed by atoms with E-state index in [0.29, 0.717) is 19.4 Å². The molecule has 3 unspecified atom stereocenters. The fraction of sp³-hybridized carbons (Fsp3) is 0.333. The first kappa shape index (κ1) is 14.3. The number of aromatic nitrogens is 1. The van der Waals surface area contributed by atoms with Crippen LogP contribution in [0.1, 0.15) is 12.0 Å². The number of para-hydroxylation sites is 1. The molecule has 1 saturated heterocycles. The monoisotopic (exact) mass is 325 g/mol. The van der Waals surface area contributed by atoms with Gasteiger partial charge in [0.2, 0.25) is 5.91 Å². The van der Waals surface area contributed by atoms with E-state index >= 15 is 0 Å². The Morgan fingerprint density at radius 1 is 1.43 bits per heavy atom. The van der Waals surface area contributed by atoms with Crippen LogP contribution in [0, 0.1) is 17.2 Å². The average Bonchev–Trinajstić information content (AvgIpc) is 2.98. The molecule has 3 atom stereocenters. The Hall–Kier alpha value is -2.25. The molecule has 0 saturated carbocycles. The lowest BCUT2D eigenvalue weighted by atomic mass is 9.77. The smallest absolute Gasteiger partial charge is 0.227 e. The minimum atomic E-state index is -0.993. The van der Waals surface area contributed by atoms with Gasteiger partial charge in [-0.1, -0.05) is 30.4 Å². The number of carbonyl (C=O) groups excluding carboxylic acids is 1. The lowest BCUT2D eigenvalue weighted by molar-refractivity contribution is -0.134. The maximum absolute atomic E-state index is 12.8. The largest absolute Gasteiger partial charge is 0.361 e. The van der Waals surface area contributed by atoms with Gasteiger partial charge in [0.25, 0.3) is 0 Å². The molecule has 0 spiro atoms. The van der Waals surface area contributed by atoms with E-state index in [0.717, 1.165) is 16.5 Å². The number of nitrogens with one attached hydrogen (secondary N) is 1. The summed E-state index contributed by atoms with van der Waals surface area (Å²) in [4.78, 5) is 16.8. The van der Waals surface area contributed by atoms with Crippen molar-refractivity contribution in [1.82, 2.24) is 9.88 Å². The van der Waals surface area contributed by atoms with E-state index in [1.54, 1.807) is 4.90 Å². The Bertz CT molecular complexity index is 849. The van der Waals surface area contributed by atoms with Crippen LogP contribution in [0.2, 0.25) is 0 Å². The second-order valence-electron chi connectivity index (χ2n) is 6.35. The maximum atomic E-state index is 12.8. The molecular weight excluding hydrogens is 310 g/mol. The van der Waals surface area contributed by atoms with Crippen molar-refractivity contribution in [2.24, 2.45) is 5.92 Å². The van der Waals surface area contributed by atoms with E-state index in [4.69, 9.17) is 11.6 Å². The van der Waals surface area contributed by atoms with Crippen molar-refractivity contribution < 1.29 is 4.79 Å². The molecule has 2 bridgehead atoms. The number of alkyl halides is 1. The van der Waals surface area contributed by atoms with Crippen molar-refractivity contribution in [1.29, 1.82) is 5.26 Å². The summed E-state index contributed by atoms with van der Waals surface area (Å²) in [6.07, 6.45) is 6.82. The number of amides is 1. The number of carbonyl (C=O) groups is 1. The molecule has 116 valence electrons. The number of aromatic amines is 1. The van der Waals surface area contributed by atoms with E-state index < -0.39 is 4.87 Å². The Morgan fingerprint density at radius 3 is 3.04 bits per heavy atom. The number of hydrogen-bond donors (Lipinski definition) is 1. The van der Waals surface area contributed by atoms with E-state index in [9.17, 15) is 10.1 Å². The molecule has 1 aromatic heterocycles. The number of nitrogens with zero attached hydrogens (tertiary/aromatic N) is 2. The van der Waals surface area contributed by atoms with Crippen LogP contribution < -0.4 is 0 Å². The first-order valence-corrected chi connectivity index (χ1v) is 8.11. The number of hydrogen-bond acceptors (Lipinski definition) is 2. The van der Waals surface area contributed by atoms with Crippen LogP contribution in [0.3, 0.4) is 0 Å². The standard InChI is InChI=1S/C18H16ClN3O/c19-18(11-20)8-12-5-6-16(18)22(10-12)17(23)7-13-9-21-15-4-2-1-3-14(13)15/h1-6,9,12,16,21H,7-8,10H2. The molecule has 0 radical (unpaired) electrons. The molecule has 2 aliphatic heterocycles. The number of nitriles is 1. The molecule has 1 aromatic carbocycles. The number of fused-ring (bicyclic) bond motifs is 3. The van der Waals surface area contributed by atoms with Crippen LogP contribution in [0.25, 0.3) is 10.9 Å². The van der Waals surface area contributed by atoms with Crippen molar-refractivity contribution in [3.8, 4) is 6.07 Å². The molecular formula is C18H16ClN3O. The molecule has 4 nitrogen and oxygen atoms in total. The van der Waals surface area contributed by atoms with E-state index in [1.807, 2.05) is 36.5 Å². The number of piperidine rings is 1. The quantitative estimate of drug-likeness (QED) is 0.681. The molecule has 1 aliphatic carbocycles. The first-order chi connectivity index (χ1) is 11.1. The third kappa shape index (κ3) is 2.24. The SMILES string of the molecule is N#CC1(Cl)CC2C=CC1N(C(=O)Cc1c[nH]c3ccccc13)C2. The molecule has 1 N–H and O–H groups in total. The Kier molecular flexibility index (Phi) is 3.21. The van der Waals surface area contributed by atoms with Gasteiger partial charge < -0.3 is 9.88 Å². The van der Waals surface area contributed by atoms with Gasteiger partial charge in [0.1, 0.15) is 0 Å².